The van der Waals surface area contributed by atoms with Crippen LogP contribution in [0.2, 0.25) is 0 Å². The molecule has 1 aromatic heterocycles. The van der Waals surface area contributed by atoms with Crippen LogP contribution in [0.4, 0.5) is 17.6 Å². The number of halogens is 4. The van der Waals surface area contributed by atoms with Gasteiger partial charge in [-0.2, -0.15) is 13.2 Å². The van der Waals surface area contributed by atoms with E-state index in [9.17, 15) is 35.6 Å². The number of amides is 1. The maximum Gasteiger partial charge on any atom is 0.490 e. The second-order valence-electron chi connectivity index (χ2n) is 14.0. The Morgan fingerprint density at radius 3 is 2.17 bits per heavy atom. The Hall–Kier alpha value is -5.19. The summed E-state index contributed by atoms with van der Waals surface area (Å²) in [6.07, 6.45) is 1.95. The number of ketones is 1. The number of alkyl halides is 3. The Morgan fingerprint density at radius 1 is 0.966 bits per heavy atom. The van der Waals surface area contributed by atoms with Crippen molar-refractivity contribution in [3.8, 4) is 17.0 Å². The number of hydrogen-bond acceptors (Lipinski definition) is 9. The van der Waals surface area contributed by atoms with Crippen LogP contribution in [-0.2, 0) is 38.9 Å². The number of sulfone groups is 1. The molecule has 1 aliphatic rings. The van der Waals surface area contributed by atoms with Crippen molar-refractivity contribution in [3.05, 3.63) is 113 Å². The fourth-order valence-corrected chi connectivity index (χ4v) is 7.00. The minimum atomic E-state index is -5.08. The van der Waals surface area contributed by atoms with E-state index in [1.54, 1.807) is 12.1 Å². The van der Waals surface area contributed by atoms with Crippen LogP contribution in [-0.4, -0.2) is 98.2 Å². The zero-order valence-corrected chi connectivity index (χ0v) is 33.4. The Balaban J connectivity index is 0.000000973. The first-order valence-electron chi connectivity index (χ1n) is 18.6. The molecule has 0 bridgehead atoms. The molecule has 16 heteroatoms. The van der Waals surface area contributed by atoms with Gasteiger partial charge < -0.3 is 25.0 Å². The SMILES string of the molecule is COc1ccc(C(=O)CCC(=O)N(CCC2CCCN2C)Cc2ccc(-c3ccc(CNCCc4ccc(S(C)(=O)=O)cc4)cn3)cc2)cc1F.O=C(O)C(F)(F)F. The summed E-state index contributed by atoms with van der Waals surface area (Å²) in [6.45, 7) is 3.49. The molecule has 11 nitrogen and oxygen atoms in total. The van der Waals surface area contributed by atoms with E-state index in [0.29, 0.717) is 30.6 Å². The lowest BCUT2D eigenvalue weighted by molar-refractivity contribution is -0.192. The molecule has 0 aliphatic carbocycles. The average Bonchev–Trinajstić information content (AvgIpc) is 3.61. The number of aliphatic carboxylic acids is 1. The molecule has 2 heterocycles. The third-order valence-electron chi connectivity index (χ3n) is 9.76. The molecule has 0 saturated carbocycles. The number of likely N-dealkylation sites (tertiary alicyclic amines) is 1. The number of carbonyl (C=O) groups excluding carboxylic acids is 2. The van der Waals surface area contributed by atoms with Crippen molar-refractivity contribution in [3.63, 3.8) is 0 Å². The van der Waals surface area contributed by atoms with Crippen LogP contribution >= 0.6 is 0 Å². The molecule has 1 unspecified atom stereocenters. The average molecular weight is 829 g/mol. The molecular weight excluding hydrogens is 781 g/mol. The molecular formula is C42H48F4N4O7S. The van der Waals surface area contributed by atoms with Gasteiger partial charge in [0.15, 0.2) is 27.2 Å². The summed E-state index contributed by atoms with van der Waals surface area (Å²) in [6, 6.07) is 23.6. The molecule has 1 aliphatic heterocycles. The maximum absolute atomic E-state index is 14.2. The molecule has 0 radical (unpaired) electrons. The number of rotatable bonds is 17. The van der Waals surface area contributed by atoms with Crippen LogP contribution in [0.5, 0.6) is 5.75 Å². The van der Waals surface area contributed by atoms with Crippen LogP contribution in [0.15, 0.2) is 90.0 Å². The van der Waals surface area contributed by atoms with Gasteiger partial charge in [0.2, 0.25) is 5.91 Å². The largest absolute Gasteiger partial charge is 0.494 e. The molecule has 0 spiro atoms. The summed E-state index contributed by atoms with van der Waals surface area (Å²) in [5, 5.41) is 10.5. The highest BCUT2D eigenvalue weighted by molar-refractivity contribution is 7.90. The highest BCUT2D eigenvalue weighted by Crippen LogP contribution is 2.23. The number of pyridine rings is 1. The number of carboxylic acid groups (broad SMARTS) is 1. The first kappa shape index (κ1) is 45.5. The van der Waals surface area contributed by atoms with Gasteiger partial charge >= 0.3 is 12.1 Å². The summed E-state index contributed by atoms with van der Waals surface area (Å²) in [5.74, 6) is -3.67. The van der Waals surface area contributed by atoms with Gasteiger partial charge in [-0.05, 0) is 98.9 Å². The van der Waals surface area contributed by atoms with Gasteiger partial charge in [-0.1, -0.05) is 42.5 Å². The highest BCUT2D eigenvalue weighted by atomic mass is 32.2. The molecule has 1 atom stereocenters. The van der Waals surface area contributed by atoms with Gasteiger partial charge in [0.1, 0.15) is 0 Å². The normalized spacial score (nSPS) is 14.4. The van der Waals surface area contributed by atoms with Gasteiger partial charge in [-0.25, -0.2) is 17.6 Å². The number of aromatic nitrogens is 1. The van der Waals surface area contributed by atoms with E-state index >= 15 is 0 Å². The van der Waals surface area contributed by atoms with E-state index in [1.807, 2.05) is 59.6 Å². The summed E-state index contributed by atoms with van der Waals surface area (Å²) >= 11 is 0. The number of nitrogens with one attached hydrogen (secondary N) is 1. The van der Waals surface area contributed by atoms with E-state index in [2.05, 4.69) is 22.2 Å². The Morgan fingerprint density at radius 2 is 1.62 bits per heavy atom. The molecule has 312 valence electrons. The minimum Gasteiger partial charge on any atom is -0.494 e. The van der Waals surface area contributed by atoms with Gasteiger partial charge in [0.25, 0.3) is 0 Å². The van der Waals surface area contributed by atoms with Crippen molar-refractivity contribution in [1.29, 1.82) is 0 Å². The first-order chi connectivity index (χ1) is 27.4. The Bertz CT molecular complexity index is 2100. The molecule has 1 fully saturated rings. The topological polar surface area (TPSA) is 146 Å². The van der Waals surface area contributed by atoms with Gasteiger partial charge in [0, 0.05) is 62.1 Å². The van der Waals surface area contributed by atoms with Crippen LogP contribution in [0, 0.1) is 5.82 Å². The third-order valence-corrected chi connectivity index (χ3v) is 10.9. The van der Waals surface area contributed by atoms with Crippen molar-refractivity contribution >= 4 is 27.5 Å². The van der Waals surface area contributed by atoms with Gasteiger partial charge in [0.05, 0.1) is 17.7 Å². The smallest absolute Gasteiger partial charge is 0.490 e. The van der Waals surface area contributed by atoms with Crippen LogP contribution in [0.3, 0.4) is 0 Å². The zero-order chi connectivity index (χ0) is 42.5. The third kappa shape index (κ3) is 14.0. The van der Waals surface area contributed by atoms with Crippen LogP contribution in [0.25, 0.3) is 11.3 Å². The van der Waals surface area contributed by atoms with Crippen molar-refractivity contribution in [1.82, 2.24) is 20.1 Å². The maximum atomic E-state index is 14.2. The Labute approximate surface area is 336 Å². The number of nitrogens with zero attached hydrogens (tertiary/aromatic N) is 3. The summed E-state index contributed by atoms with van der Waals surface area (Å²) in [7, 11) is 0.301. The first-order valence-corrected chi connectivity index (χ1v) is 20.5. The van der Waals surface area contributed by atoms with Gasteiger partial charge in [-0.15, -0.1) is 0 Å². The zero-order valence-electron chi connectivity index (χ0n) is 32.6. The minimum absolute atomic E-state index is 0.00163. The summed E-state index contributed by atoms with van der Waals surface area (Å²) in [4.78, 5) is 44.4. The van der Waals surface area contributed by atoms with Crippen LogP contribution < -0.4 is 10.1 Å². The number of Topliss-reactive ketones (excluding diaryl/α,β-unsaturated/α-hetero) is 1. The number of hydrogen-bond donors (Lipinski definition) is 2. The summed E-state index contributed by atoms with van der Waals surface area (Å²) in [5.41, 5.74) is 5.16. The lowest BCUT2D eigenvalue weighted by atomic mass is 10.0. The van der Waals surface area contributed by atoms with E-state index in [0.717, 1.165) is 72.8 Å². The van der Waals surface area contributed by atoms with Crippen molar-refractivity contribution in [2.75, 3.05) is 40.0 Å². The quantitative estimate of drug-likeness (QED) is 0.0667. The molecule has 4 aromatic rings. The molecule has 1 saturated heterocycles. The standard InChI is InChI=1S/C40H47FN4O5S.C2HF3O2/c1-44-23-4-5-34(44)21-24-45(40(47)19-17-38(46)33-13-18-39(50-2)36(41)25-33)28-30-6-11-32(12-7-30)37-16-10-31(27-43-37)26-42-22-20-29-8-14-35(15-9-29)51(3,48)49;3-2(4,5)1(6)7/h6-16,18,25,27,34,42H,4-5,17,19-24,26,28H2,1-3H3;(H,6,7). The number of carbonyl (C=O) groups is 3. The summed E-state index contributed by atoms with van der Waals surface area (Å²) < 4.78 is 74.2. The lowest BCUT2D eigenvalue weighted by Crippen LogP contribution is -2.35. The van der Waals surface area contributed by atoms with E-state index in [-0.39, 0.29) is 35.8 Å². The van der Waals surface area contributed by atoms with E-state index in [4.69, 9.17) is 14.6 Å². The molecule has 58 heavy (non-hydrogen) atoms. The molecule has 5 rings (SSSR count). The fraction of sp³-hybridized carbons (Fsp3) is 0.381. The van der Waals surface area contributed by atoms with Crippen molar-refractivity contribution in [2.24, 2.45) is 0 Å². The number of benzene rings is 3. The van der Waals surface area contributed by atoms with Crippen LogP contribution in [0.1, 0.15) is 59.2 Å². The predicted octanol–water partition coefficient (Wildman–Crippen LogP) is 6.74. The lowest BCUT2D eigenvalue weighted by Gasteiger charge is -2.27. The Kier molecular flexibility index (Phi) is 16.5. The van der Waals surface area contributed by atoms with E-state index < -0.39 is 27.8 Å². The highest BCUT2D eigenvalue weighted by Gasteiger charge is 2.38. The predicted molar refractivity (Wildman–Crippen MR) is 211 cm³/mol. The monoisotopic (exact) mass is 828 g/mol. The number of methoxy groups -OCH3 is 1. The van der Waals surface area contributed by atoms with Gasteiger partial charge in [-0.3, -0.25) is 14.6 Å². The molecule has 3 aromatic carbocycles. The fourth-order valence-electron chi connectivity index (χ4n) is 6.37. The molecule has 1 amide bonds. The second-order valence-corrected chi connectivity index (χ2v) is 16.1. The van der Waals surface area contributed by atoms with E-state index in [1.165, 1.54) is 25.5 Å². The second kappa shape index (κ2) is 21.0. The number of carboxylic acids is 1. The van der Waals surface area contributed by atoms with Crippen molar-refractivity contribution < 1.29 is 50.2 Å². The number of ether oxygens (including phenoxy) is 1. The van der Waals surface area contributed by atoms with Crippen molar-refractivity contribution in [2.45, 2.75) is 68.7 Å². The molecule has 2 N–H and O–H groups in total.